The van der Waals surface area contributed by atoms with Gasteiger partial charge in [-0.1, -0.05) is 51.2 Å². The maximum atomic E-state index is 8.63. The SMILES string of the molecule is C=C/C=C(\C=C/C)CO.CC.OCC1CCCCN1. The second-order valence-electron chi connectivity index (χ2n) is 3.96. The van der Waals surface area contributed by atoms with E-state index in [4.69, 9.17) is 10.2 Å². The highest BCUT2D eigenvalue weighted by Gasteiger charge is 2.09. The Bertz CT molecular complexity index is 241. The van der Waals surface area contributed by atoms with E-state index in [9.17, 15) is 0 Å². The van der Waals surface area contributed by atoms with Gasteiger partial charge in [-0.05, 0) is 31.9 Å². The highest BCUT2D eigenvalue weighted by Crippen LogP contribution is 2.04. The molecule has 1 aliphatic rings. The van der Waals surface area contributed by atoms with Crippen LogP contribution in [0, 0.1) is 0 Å². The Labute approximate surface area is 118 Å². The molecule has 1 unspecified atom stereocenters. The van der Waals surface area contributed by atoms with Crippen molar-refractivity contribution in [2.45, 2.75) is 46.1 Å². The van der Waals surface area contributed by atoms with Crippen LogP contribution >= 0.6 is 0 Å². The lowest BCUT2D eigenvalue weighted by atomic mass is 10.1. The smallest absolute Gasteiger partial charge is 0.0681 e. The lowest BCUT2D eigenvalue weighted by Gasteiger charge is -2.20. The average Bonchev–Trinajstić information content (AvgIpc) is 2.50. The lowest BCUT2D eigenvalue weighted by Crippen LogP contribution is -2.36. The highest BCUT2D eigenvalue weighted by atomic mass is 16.3. The van der Waals surface area contributed by atoms with E-state index in [1.807, 2.05) is 32.9 Å². The summed E-state index contributed by atoms with van der Waals surface area (Å²) in [7, 11) is 0. The van der Waals surface area contributed by atoms with Gasteiger partial charge in [0, 0.05) is 6.04 Å². The molecule has 1 fully saturated rings. The van der Waals surface area contributed by atoms with Gasteiger partial charge in [0.2, 0.25) is 0 Å². The van der Waals surface area contributed by atoms with Crippen molar-refractivity contribution in [2.24, 2.45) is 0 Å². The fourth-order valence-corrected chi connectivity index (χ4v) is 1.61. The van der Waals surface area contributed by atoms with Gasteiger partial charge in [0.15, 0.2) is 0 Å². The lowest BCUT2D eigenvalue weighted by molar-refractivity contribution is 0.220. The molecule has 0 saturated carbocycles. The standard InChI is InChI=1S/C8H12O.C6H13NO.C2H6/c1-3-5-8(7-9)6-4-2;8-5-6-3-1-2-4-7-6;1-2/h3-6,9H,1,7H2,2H3;6-8H,1-5H2;1-2H3/b6-4-,8-5+;;. The number of piperidine rings is 1. The van der Waals surface area contributed by atoms with E-state index in [-0.39, 0.29) is 6.61 Å². The largest absolute Gasteiger partial charge is 0.395 e. The van der Waals surface area contributed by atoms with Crippen molar-refractivity contribution in [1.82, 2.24) is 5.32 Å². The van der Waals surface area contributed by atoms with Crippen LogP contribution in [-0.4, -0.2) is 36.0 Å². The summed E-state index contributed by atoms with van der Waals surface area (Å²) >= 11 is 0. The van der Waals surface area contributed by atoms with E-state index in [0.717, 1.165) is 18.5 Å². The monoisotopic (exact) mass is 269 g/mol. The molecule has 3 heteroatoms. The van der Waals surface area contributed by atoms with Crippen LogP contribution in [0.25, 0.3) is 0 Å². The summed E-state index contributed by atoms with van der Waals surface area (Å²) in [5.41, 5.74) is 0.882. The molecule has 1 atom stereocenters. The maximum absolute atomic E-state index is 8.63. The molecule has 0 aromatic heterocycles. The van der Waals surface area contributed by atoms with Crippen LogP contribution < -0.4 is 5.32 Å². The zero-order chi connectivity index (χ0) is 14.9. The summed E-state index contributed by atoms with van der Waals surface area (Å²) < 4.78 is 0. The van der Waals surface area contributed by atoms with Crippen molar-refractivity contribution in [3.63, 3.8) is 0 Å². The molecule has 19 heavy (non-hydrogen) atoms. The summed E-state index contributed by atoms with van der Waals surface area (Å²) in [6, 6.07) is 0.392. The van der Waals surface area contributed by atoms with Crippen LogP contribution in [0.15, 0.2) is 36.5 Å². The zero-order valence-electron chi connectivity index (χ0n) is 12.7. The van der Waals surface area contributed by atoms with E-state index >= 15 is 0 Å². The molecule has 0 amide bonds. The Hall–Kier alpha value is -0.900. The van der Waals surface area contributed by atoms with Gasteiger partial charge in [-0.25, -0.2) is 0 Å². The molecular weight excluding hydrogens is 238 g/mol. The average molecular weight is 269 g/mol. The Balaban J connectivity index is 0. The molecule has 112 valence electrons. The van der Waals surface area contributed by atoms with E-state index in [1.165, 1.54) is 12.8 Å². The Kier molecular flexibility index (Phi) is 18.4. The fourth-order valence-electron chi connectivity index (χ4n) is 1.61. The summed E-state index contributed by atoms with van der Waals surface area (Å²) in [4.78, 5) is 0. The first-order chi connectivity index (χ1) is 9.28. The van der Waals surface area contributed by atoms with Gasteiger partial charge in [0.1, 0.15) is 0 Å². The molecule has 0 bridgehead atoms. The summed E-state index contributed by atoms with van der Waals surface area (Å²) in [5.74, 6) is 0. The van der Waals surface area contributed by atoms with Crippen molar-refractivity contribution in [1.29, 1.82) is 0 Å². The molecule has 1 aliphatic heterocycles. The molecule has 1 saturated heterocycles. The van der Waals surface area contributed by atoms with E-state index in [1.54, 1.807) is 12.2 Å². The molecule has 0 spiro atoms. The summed E-state index contributed by atoms with van der Waals surface area (Å²) in [6.07, 6.45) is 10.9. The molecule has 1 heterocycles. The molecule has 0 aliphatic carbocycles. The van der Waals surface area contributed by atoms with Crippen LogP contribution in [0.3, 0.4) is 0 Å². The second-order valence-corrected chi connectivity index (χ2v) is 3.96. The molecule has 3 N–H and O–H groups in total. The third kappa shape index (κ3) is 13.3. The van der Waals surface area contributed by atoms with Crippen LogP contribution in [-0.2, 0) is 0 Å². The van der Waals surface area contributed by atoms with Crippen molar-refractivity contribution in [2.75, 3.05) is 19.8 Å². The number of aliphatic hydroxyl groups excluding tert-OH is 2. The van der Waals surface area contributed by atoms with Crippen molar-refractivity contribution in [3.8, 4) is 0 Å². The van der Waals surface area contributed by atoms with Gasteiger partial charge in [-0.2, -0.15) is 0 Å². The van der Waals surface area contributed by atoms with Crippen LogP contribution in [0.2, 0.25) is 0 Å². The second kappa shape index (κ2) is 17.1. The first-order valence-corrected chi connectivity index (χ1v) is 7.17. The predicted molar refractivity (Wildman–Crippen MR) is 84.3 cm³/mol. The van der Waals surface area contributed by atoms with Gasteiger partial charge in [0.25, 0.3) is 0 Å². The fraction of sp³-hybridized carbons (Fsp3) is 0.625. The Morgan fingerprint density at radius 2 is 2.00 bits per heavy atom. The van der Waals surface area contributed by atoms with E-state index in [2.05, 4.69) is 11.9 Å². The Morgan fingerprint density at radius 1 is 1.32 bits per heavy atom. The van der Waals surface area contributed by atoms with Gasteiger partial charge in [-0.15, -0.1) is 0 Å². The maximum Gasteiger partial charge on any atom is 0.0681 e. The number of hydrogen-bond acceptors (Lipinski definition) is 3. The summed E-state index contributed by atoms with van der Waals surface area (Å²) in [5, 5.41) is 20.5. The van der Waals surface area contributed by atoms with Crippen molar-refractivity contribution in [3.05, 3.63) is 36.5 Å². The van der Waals surface area contributed by atoms with Crippen molar-refractivity contribution < 1.29 is 10.2 Å². The third-order valence-corrected chi connectivity index (χ3v) is 2.53. The minimum absolute atomic E-state index is 0.0797. The van der Waals surface area contributed by atoms with E-state index in [0.29, 0.717) is 12.6 Å². The molecule has 3 nitrogen and oxygen atoms in total. The minimum Gasteiger partial charge on any atom is -0.395 e. The molecule has 0 aromatic carbocycles. The summed E-state index contributed by atoms with van der Waals surface area (Å²) in [6.45, 7) is 10.9. The number of nitrogens with one attached hydrogen (secondary N) is 1. The molecule has 1 rings (SSSR count). The molecular formula is C16H31NO2. The first-order valence-electron chi connectivity index (χ1n) is 7.17. The molecule has 0 radical (unpaired) electrons. The minimum atomic E-state index is 0.0797. The predicted octanol–water partition coefficient (Wildman–Crippen LogP) is 2.81. The molecule has 0 aromatic rings. The number of aliphatic hydroxyl groups is 2. The normalized spacial score (nSPS) is 19.0. The van der Waals surface area contributed by atoms with Gasteiger partial charge in [0.05, 0.1) is 13.2 Å². The van der Waals surface area contributed by atoms with Gasteiger partial charge >= 0.3 is 0 Å². The number of hydrogen-bond donors (Lipinski definition) is 3. The third-order valence-electron chi connectivity index (χ3n) is 2.53. The van der Waals surface area contributed by atoms with Gasteiger partial charge < -0.3 is 15.5 Å². The zero-order valence-corrected chi connectivity index (χ0v) is 12.7. The van der Waals surface area contributed by atoms with Crippen LogP contribution in [0.4, 0.5) is 0 Å². The first kappa shape index (κ1) is 20.4. The number of rotatable bonds is 4. The van der Waals surface area contributed by atoms with Crippen molar-refractivity contribution >= 4 is 0 Å². The Morgan fingerprint density at radius 3 is 2.32 bits per heavy atom. The number of allylic oxidation sites excluding steroid dienone is 3. The van der Waals surface area contributed by atoms with Crippen LogP contribution in [0.1, 0.15) is 40.0 Å². The van der Waals surface area contributed by atoms with Gasteiger partial charge in [-0.3, -0.25) is 0 Å². The highest BCUT2D eigenvalue weighted by molar-refractivity contribution is 5.22. The topological polar surface area (TPSA) is 52.5 Å². The van der Waals surface area contributed by atoms with Crippen LogP contribution in [0.5, 0.6) is 0 Å². The van der Waals surface area contributed by atoms with E-state index < -0.39 is 0 Å². The quantitative estimate of drug-likeness (QED) is 0.688.